The molecule has 2 N–H and O–H groups in total. The molecule has 0 bridgehead atoms. The first-order valence-corrected chi connectivity index (χ1v) is 3.48. The van der Waals surface area contributed by atoms with Crippen LogP contribution >= 0.6 is 0 Å². The van der Waals surface area contributed by atoms with Crippen LogP contribution in [0.15, 0.2) is 24.5 Å². The van der Waals surface area contributed by atoms with E-state index in [9.17, 15) is 0 Å². The van der Waals surface area contributed by atoms with Gasteiger partial charge in [-0.2, -0.15) is 5.26 Å². The van der Waals surface area contributed by atoms with E-state index in [4.69, 9.17) is 15.7 Å². The van der Waals surface area contributed by atoms with Crippen LogP contribution in [-0.2, 0) is 11.3 Å². The van der Waals surface area contributed by atoms with Crippen LogP contribution in [0.1, 0.15) is 5.56 Å². The molecule has 1 aromatic rings. The van der Waals surface area contributed by atoms with Crippen LogP contribution in [0.3, 0.4) is 0 Å². The average Bonchev–Trinajstić information content (AvgIpc) is 2.16. The van der Waals surface area contributed by atoms with Gasteiger partial charge in [0.25, 0.3) is 0 Å². The number of ether oxygens (including phenoxy) is 1. The molecular weight excluding hydrogens is 154 g/mol. The second-order valence-electron chi connectivity index (χ2n) is 2.22. The Morgan fingerprint density at radius 2 is 2.58 bits per heavy atom. The Balaban J connectivity index is 2.40. The minimum absolute atomic E-state index is 0.322. The van der Waals surface area contributed by atoms with Gasteiger partial charge in [0.1, 0.15) is 6.07 Å². The third-order valence-electron chi connectivity index (χ3n) is 1.28. The number of aromatic nitrogens is 1. The van der Waals surface area contributed by atoms with E-state index in [0.29, 0.717) is 6.61 Å². The van der Waals surface area contributed by atoms with Gasteiger partial charge in [-0.15, -0.1) is 0 Å². The van der Waals surface area contributed by atoms with Crippen molar-refractivity contribution in [1.82, 2.24) is 4.98 Å². The van der Waals surface area contributed by atoms with E-state index in [2.05, 4.69) is 4.98 Å². The highest BCUT2D eigenvalue weighted by Crippen LogP contribution is 1.98. The van der Waals surface area contributed by atoms with Crippen molar-refractivity contribution < 1.29 is 4.74 Å². The van der Waals surface area contributed by atoms with Gasteiger partial charge in [-0.1, -0.05) is 6.07 Å². The lowest BCUT2D eigenvalue weighted by atomic mass is 10.3. The van der Waals surface area contributed by atoms with Crippen LogP contribution in [0.4, 0.5) is 0 Å². The Labute approximate surface area is 70.6 Å². The normalized spacial score (nSPS) is 12.0. The van der Waals surface area contributed by atoms with Gasteiger partial charge in [0.15, 0.2) is 6.23 Å². The minimum atomic E-state index is -0.856. The summed E-state index contributed by atoms with van der Waals surface area (Å²) in [6.07, 6.45) is 2.49. The molecule has 4 nitrogen and oxygen atoms in total. The summed E-state index contributed by atoms with van der Waals surface area (Å²) in [6, 6.07) is 5.43. The molecule has 0 saturated heterocycles. The van der Waals surface area contributed by atoms with Crippen LogP contribution in [-0.4, -0.2) is 11.2 Å². The monoisotopic (exact) mass is 163 g/mol. The van der Waals surface area contributed by atoms with Crippen molar-refractivity contribution in [2.75, 3.05) is 0 Å². The predicted molar refractivity (Wildman–Crippen MR) is 42.6 cm³/mol. The number of hydrogen-bond acceptors (Lipinski definition) is 4. The van der Waals surface area contributed by atoms with E-state index in [1.807, 2.05) is 6.07 Å². The standard InChI is InChI=1S/C8H9N3O/c9-4-8(10)12-6-7-2-1-3-11-5-7/h1-3,5,8H,6,10H2. The third kappa shape index (κ3) is 2.66. The fraction of sp³-hybridized carbons (Fsp3) is 0.250. The zero-order valence-electron chi connectivity index (χ0n) is 6.47. The lowest BCUT2D eigenvalue weighted by Crippen LogP contribution is -2.20. The molecule has 62 valence electrons. The van der Waals surface area contributed by atoms with Crippen molar-refractivity contribution >= 4 is 0 Å². The van der Waals surface area contributed by atoms with Crippen LogP contribution in [0.5, 0.6) is 0 Å². The quantitative estimate of drug-likeness (QED) is 0.655. The second-order valence-corrected chi connectivity index (χ2v) is 2.22. The van der Waals surface area contributed by atoms with Crippen LogP contribution < -0.4 is 5.73 Å². The first kappa shape index (κ1) is 8.65. The summed E-state index contributed by atoms with van der Waals surface area (Å²) < 4.78 is 4.95. The number of nitrogens with zero attached hydrogens (tertiary/aromatic N) is 2. The largest absolute Gasteiger partial charge is 0.345 e. The molecule has 0 aromatic carbocycles. The van der Waals surface area contributed by atoms with E-state index >= 15 is 0 Å². The van der Waals surface area contributed by atoms with Gasteiger partial charge in [-0.25, -0.2) is 0 Å². The maximum Gasteiger partial charge on any atom is 0.194 e. The molecule has 1 aromatic heterocycles. The van der Waals surface area contributed by atoms with E-state index < -0.39 is 6.23 Å². The molecule has 1 atom stereocenters. The Morgan fingerprint density at radius 1 is 1.75 bits per heavy atom. The lowest BCUT2D eigenvalue weighted by Gasteiger charge is -2.03. The van der Waals surface area contributed by atoms with Gasteiger partial charge in [0.2, 0.25) is 0 Å². The highest BCUT2D eigenvalue weighted by atomic mass is 16.5. The minimum Gasteiger partial charge on any atom is -0.345 e. The van der Waals surface area contributed by atoms with Crippen molar-refractivity contribution in [3.05, 3.63) is 30.1 Å². The van der Waals surface area contributed by atoms with E-state index in [0.717, 1.165) is 5.56 Å². The fourth-order valence-electron chi connectivity index (χ4n) is 0.707. The molecule has 1 unspecified atom stereocenters. The first-order chi connectivity index (χ1) is 5.83. The summed E-state index contributed by atoms with van der Waals surface area (Å²) in [6.45, 7) is 0.322. The van der Waals surface area contributed by atoms with E-state index in [-0.39, 0.29) is 0 Å². The molecule has 0 amide bonds. The van der Waals surface area contributed by atoms with Gasteiger partial charge in [0.05, 0.1) is 6.61 Å². The number of pyridine rings is 1. The molecule has 0 fully saturated rings. The van der Waals surface area contributed by atoms with Crippen LogP contribution in [0.2, 0.25) is 0 Å². The molecule has 0 saturated carbocycles. The first-order valence-electron chi connectivity index (χ1n) is 3.48. The second kappa shape index (κ2) is 4.44. The van der Waals surface area contributed by atoms with E-state index in [1.165, 1.54) is 0 Å². The molecule has 0 aliphatic rings. The fourth-order valence-corrected chi connectivity index (χ4v) is 0.707. The Morgan fingerprint density at radius 3 is 3.17 bits per heavy atom. The van der Waals surface area contributed by atoms with Crippen LogP contribution in [0, 0.1) is 11.3 Å². The SMILES string of the molecule is N#CC(N)OCc1cccnc1. The number of rotatable bonds is 3. The van der Waals surface area contributed by atoms with Crippen molar-refractivity contribution in [3.63, 3.8) is 0 Å². The smallest absolute Gasteiger partial charge is 0.194 e. The molecule has 0 aliphatic heterocycles. The summed E-state index contributed by atoms with van der Waals surface area (Å²) >= 11 is 0. The summed E-state index contributed by atoms with van der Waals surface area (Å²) in [5.74, 6) is 0. The number of nitriles is 1. The van der Waals surface area contributed by atoms with Gasteiger partial charge in [-0.05, 0) is 11.6 Å². The molecule has 0 aliphatic carbocycles. The van der Waals surface area contributed by atoms with Crippen molar-refractivity contribution in [3.8, 4) is 6.07 Å². The van der Waals surface area contributed by atoms with Crippen LogP contribution in [0.25, 0.3) is 0 Å². The molecule has 1 heterocycles. The molecule has 12 heavy (non-hydrogen) atoms. The molecule has 0 radical (unpaired) electrons. The van der Waals surface area contributed by atoms with Gasteiger partial charge in [0, 0.05) is 12.4 Å². The van der Waals surface area contributed by atoms with Crippen molar-refractivity contribution in [1.29, 1.82) is 5.26 Å². The average molecular weight is 163 g/mol. The summed E-state index contributed by atoms with van der Waals surface area (Å²) in [4.78, 5) is 3.88. The summed E-state index contributed by atoms with van der Waals surface area (Å²) in [7, 11) is 0. The summed E-state index contributed by atoms with van der Waals surface area (Å²) in [5, 5.41) is 8.30. The summed E-state index contributed by atoms with van der Waals surface area (Å²) in [5.41, 5.74) is 6.12. The lowest BCUT2D eigenvalue weighted by molar-refractivity contribution is 0.0809. The Hall–Kier alpha value is -1.44. The van der Waals surface area contributed by atoms with Crippen molar-refractivity contribution in [2.24, 2.45) is 5.73 Å². The molecule has 1 rings (SSSR count). The van der Waals surface area contributed by atoms with Gasteiger partial charge < -0.3 is 4.74 Å². The van der Waals surface area contributed by atoms with E-state index in [1.54, 1.807) is 24.5 Å². The number of nitrogens with two attached hydrogens (primary N) is 1. The van der Waals surface area contributed by atoms with Gasteiger partial charge >= 0.3 is 0 Å². The number of hydrogen-bond donors (Lipinski definition) is 1. The zero-order valence-corrected chi connectivity index (χ0v) is 6.47. The Bertz CT molecular complexity index is 267. The highest BCUT2D eigenvalue weighted by Gasteiger charge is 1.98. The molecule has 4 heteroatoms. The highest BCUT2D eigenvalue weighted by molar-refractivity contribution is 5.06. The predicted octanol–water partition coefficient (Wildman–Crippen LogP) is 0.407. The maximum atomic E-state index is 8.30. The molecular formula is C8H9N3O. The van der Waals surface area contributed by atoms with Crippen molar-refractivity contribution in [2.45, 2.75) is 12.8 Å². The third-order valence-corrected chi connectivity index (χ3v) is 1.28. The topological polar surface area (TPSA) is 71.9 Å². The van der Waals surface area contributed by atoms with Gasteiger partial charge in [-0.3, -0.25) is 10.7 Å². The Kier molecular flexibility index (Phi) is 3.20. The maximum absolute atomic E-state index is 8.30. The zero-order chi connectivity index (χ0) is 8.81. The molecule has 0 spiro atoms.